The van der Waals surface area contributed by atoms with Crippen molar-refractivity contribution in [3.8, 4) is 5.75 Å². The molecule has 0 aliphatic rings. The molecule has 0 atom stereocenters. The minimum atomic E-state index is -0.765. The van der Waals surface area contributed by atoms with Crippen molar-refractivity contribution in [2.24, 2.45) is 0 Å². The molecule has 0 radical (unpaired) electrons. The standard InChI is InChI=1S/C18H19ClF2N2O2/c1-23(2)16-7-5-12(19)10-15(16)22-18(24)4-3-9-25-17-8-6-13(20)11-14(17)21/h5-8,10-11H,3-4,9H2,1-2H3,(H,22,24). The van der Waals surface area contributed by atoms with E-state index in [0.29, 0.717) is 17.1 Å². The minimum absolute atomic E-state index is 0.0356. The highest BCUT2D eigenvalue weighted by Gasteiger charge is 2.10. The van der Waals surface area contributed by atoms with Crippen molar-refractivity contribution in [1.82, 2.24) is 0 Å². The molecule has 0 heterocycles. The number of amides is 1. The summed E-state index contributed by atoms with van der Waals surface area (Å²) in [6.45, 7) is 0.145. The molecule has 0 bridgehead atoms. The molecule has 2 aromatic carbocycles. The molecule has 1 amide bonds. The zero-order valence-corrected chi connectivity index (χ0v) is 14.7. The van der Waals surface area contributed by atoms with Gasteiger partial charge in [-0.25, -0.2) is 8.78 Å². The molecule has 0 fully saturated rings. The van der Waals surface area contributed by atoms with E-state index in [1.54, 1.807) is 12.1 Å². The Morgan fingerprint density at radius 1 is 1.20 bits per heavy atom. The van der Waals surface area contributed by atoms with E-state index in [1.807, 2.05) is 25.1 Å². The Morgan fingerprint density at radius 2 is 1.96 bits per heavy atom. The van der Waals surface area contributed by atoms with E-state index in [4.69, 9.17) is 16.3 Å². The lowest BCUT2D eigenvalue weighted by Crippen LogP contribution is -2.17. The van der Waals surface area contributed by atoms with E-state index in [1.165, 1.54) is 6.07 Å². The van der Waals surface area contributed by atoms with Crippen molar-refractivity contribution in [3.63, 3.8) is 0 Å². The van der Waals surface area contributed by atoms with Gasteiger partial charge in [-0.05, 0) is 36.8 Å². The molecule has 0 saturated heterocycles. The van der Waals surface area contributed by atoms with Gasteiger partial charge in [0, 0.05) is 31.6 Å². The highest BCUT2D eigenvalue weighted by atomic mass is 35.5. The minimum Gasteiger partial charge on any atom is -0.491 e. The van der Waals surface area contributed by atoms with E-state index >= 15 is 0 Å². The largest absolute Gasteiger partial charge is 0.491 e. The number of hydrogen-bond donors (Lipinski definition) is 1. The zero-order chi connectivity index (χ0) is 18.4. The van der Waals surface area contributed by atoms with Crippen molar-refractivity contribution >= 4 is 28.9 Å². The van der Waals surface area contributed by atoms with Crippen LogP contribution < -0.4 is 15.0 Å². The van der Waals surface area contributed by atoms with Gasteiger partial charge in [-0.3, -0.25) is 4.79 Å². The second-order valence-corrected chi connectivity index (χ2v) is 6.07. The van der Waals surface area contributed by atoms with Crippen LogP contribution in [-0.4, -0.2) is 26.6 Å². The fourth-order valence-electron chi connectivity index (χ4n) is 2.22. The number of anilines is 2. The SMILES string of the molecule is CN(C)c1ccc(Cl)cc1NC(=O)CCCOc1ccc(F)cc1F. The third kappa shape index (κ3) is 5.60. The number of halogens is 3. The maximum Gasteiger partial charge on any atom is 0.224 e. The smallest absolute Gasteiger partial charge is 0.224 e. The normalized spacial score (nSPS) is 10.4. The van der Waals surface area contributed by atoms with Gasteiger partial charge >= 0.3 is 0 Å². The lowest BCUT2D eigenvalue weighted by atomic mass is 10.2. The predicted molar refractivity (Wildman–Crippen MR) is 95.5 cm³/mol. The van der Waals surface area contributed by atoms with Crippen LogP contribution in [0.2, 0.25) is 5.02 Å². The number of ether oxygens (including phenoxy) is 1. The van der Waals surface area contributed by atoms with Gasteiger partial charge in [-0.2, -0.15) is 0 Å². The number of benzene rings is 2. The molecule has 0 saturated carbocycles. The summed E-state index contributed by atoms with van der Waals surface area (Å²) in [6, 6.07) is 8.34. The lowest BCUT2D eigenvalue weighted by Gasteiger charge is -2.18. The molecule has 2 aromatic rings. The van der Waals surface area contributed by atoms with Crippen molar-refractivity contribution in [2.45, 2.75) is 12.8 Å². The molecule has 0 aliphatic heterocycles. The molecule has 2 rings (SSSR count). The number of carbonyl (C=O) groups is 1. The van der Waals surface area contributed by atoms with E-state index in [9.17, 15) is 13.6 Å². The van der Waals surface area contributed by atoms with E-state index < -0.39 is 11.6 Å². The van der Waals surface area contributed by atoms with Crippen molar-refractivity contribution < 1.29 is 18.3 Å². The Kier molecular flexibility index (Phi) is 6.58. The summed E-state index contributed by atoms with van der Waals surface area (Å²) in [6.07, 6.45) is 0.586. The van der Waals surface area contributed by atoms with Gasteiger partial charge in [0.1, 0.15) is 5.82 Å². The Morgan fingerprint density at radius 3 is 2.64 bits per heavy atom. The number of nitrogens with one attached hydrogen (secondary N) is 1. The van der Waals surface area contributed by atoms with Crippen LogP contribution in [0.3, 0.4) is 0 Å². The van der Waals surface area contributed by atoms with Gasteiger partial charge in [0.15, 0.2) is 11.6 Å². The van der Waals surface area contributed by atoms with Gasteiger partial charge in [0.05, 0.1) is 18.0 Å². The Bertz CT molecular complexity index is 754. The van der Waals surface area contributed by atoms with Crippen LogP contribution in [0.15, 0.2) is 36.4 Å². The maximum absolute atomic E-state index is 13.4. The number of nitrogens with zero attached hydrogens (tertiary/aromatic N) is 1. The third-order valence-electron chi connectivity index (χ3n) is 3.41. The maximum atomic E-state index is 13.4. The van der Waals surface area contributed by atoms with E-state index in [0.717, 1.165) is 17.8 Å². The first-order valence-electron chi connectivity index (χ1n) is 7.71. The number of hydrogen-bond acceptors (Lipinski definition) is 3. The second-order valence-electron chi connectivity index (χ2n) is 5.63. The summed E-state index contributed by atoms with van der Waals surface area (Å²) in [5, 5.41) is 3.33. The zero-order valence-electron chi connectivity index (χ0n) is 14.0. The Labute approximate surface area is 150 Å². The van der Waals surface area contributed by atoms with Crippen LogP contribution in [0.5, 0.6) is 5.75 Å². The first-order chi connectivity index (χ1) is 11.9. The van der Waals surface area contributed by atoms with Crippen LogP contribution in [0.1, 0.15) is 12.8 Å². The van der Waals surface area contributed by atoms with E-state index in [-0.39, 0.29) is 24.7 Å². The monoisotopic (exact) mass is 368 g/mol. The Balaban J connectivity index is 1.84. The van der Waals surface area contributed by atoms with Gasteiger partial charge in [-0.1, -0.05) is 11.6 Å². The molecular formula is C18H19ClF2N2O2. The highest BCUT2D eigenvalue weighted by Crippen LogP contribution is 2.28. The predicted octanol–water partition coefficient (Wildman–Crippen LogP) is 4.48. The van der Waals surface area contributed by atoms with Crippen molar-refractivity contribution in [1.29, 1.82) is 0 Å². The lowest BCUT2D eigenvalue weighted by molar-refractivity contribution is -0.116. The van der Waals surface area contributed by atoms with Crippen LogP contribution in [0.4, 0.5) is 20.2 Å². The van der Waals surface area contributed by atoms with Gasteiger partial charge in [0.2, 0.25) is 5.91 Å². The molecule has 1 N–H and O–H groups in total. The second kappa shape index (κ2) is 8.67. The van der Waals surface area contributed by atoms with Gasteiger partial charge in [-0.15, -0.1) is 0 Å². The Hall–Kier alpha value is -2.34. The first-order valence-corrected chi connectivity index (χ1v) is 8.09. The summed E-state index contributed by atoms with van der Waals surface area (Å²) in [5.41, 5.74) is 1.45. The molecule has 7 heteroatoms. The molecule has 134 valence electrons. The summed E-state index contributed by atoms with van der Waals surface area (Å²) in [4.78, 5) is 13.9. The molecule has 4 nitrogen and oxygen atoms in total. The third-order valence-corrected chi connectivity index (χ3v) is 3.65. The summed E-state index contributed by atoms with van der Waals surface area (Å²) < 4.78 is 31.4. The van der Waals surface area contributed by atoms with Crippen molar-refractivity contribution in [3.05, 3.63) is 53.1 Å². The quantitative estimate of drug-likeness (QED) is 0.732. The molecular weight excluding hydrogens is 350 g/mol. The van der Waals surface area contributed by atoms with E-state index in [2.05, 4.69) is 5.32 Å². The van der Waals surface area contributed by atoms with Crippen LogP contribution in [0, 0.1) is 11.6 Å². The molecule has 0 unspecified atom stereocenters. The number of carbonyl (C=O) groups excluding carboxylic acids is 1. The summed E-state index contributed by atoms with van der Waals surface area (Å²) in [7, 11) is 3.73. The number of rotatable bonds is 7. The summed E-state index contributed by atoms with van der Waals surface area (Å²) >= 11 is 5.97. The average Bonchev–Trinajstić information content (AvgIpc) is 2.53. The van der Waals surface area contributed by atoms with Gasteiger partial charge < -0.3 is 15.0 Å². The topological polar surface area (TPSA) is 41.6 Å². The van der Waals surface area contributed by atoms with Gasteiger partial charge in [0.25, 0.3) is 0 Å². The molecule has 0 aliphatic carbocycles. The fraction of sp³-hybridized carbons (Fsp3) is 0.278. The first kappa shape index (κ1) is 19.0. The van der Waals surface area contributed by atoms with Crippen LogP contribution in [-0.2, 0) is 4.79 Å². The van der Waals surface area contributed by atoms with Crippen LogP contribution in [0.25, 0.3) is 0 Å². The molecule has 25 heavy (non-hydrogen) atoms. The van der Waals surface area contributed by atoms with Crippen LogP contribution >= 0.6 is 11.6 Å². The molecule has 0 aromatic heterocycles. The summed E-state index contributed by atoms with van der Waals surface area (Å²) in [5.74, 6) is -1.67. The van der Waals surface area contributed by atoms with Crippen molar-refractivity contribution in [2.75, 3.05) is 30.9 Å². The fourth-order valence-corrected chi connectivity index (χ4v) is 2.39. The highest BCUT2D eigenvalue weighted by molar-refractivity contribution is 6.31. The average molecular weight is 369 g/mol. The molecule has 0 spiro atoms.